The number of aliphatic carboxylic acids is 1. The van der Waals surface area contributed by atoms with E-state index in [1.165, 1.54) is 0 Å². The van der Waals surface area contributed by atoms with Crippen molar-refractivity contribution >= 4 is 35.6 Å². The third kappa shape index (κ3) is 14.6. The fraction of sp³-hybridized carbons (Fsp3) is 0.727. The highest BCUT2D eigenvalue weighted by Crippen LogP contribution is 2.07. The predicted octanol–water partition coefficient (Wildman–Crippen LogP) is -3.04. The van der Waals surface area contributed by atoms with E-state index in [4.69, 9.17) is 28.7 Å². The van der Waals surface area contributed by atoms with E-state index in [9.17, 15) is 29.1 Å². The Balaban J connectivity index is 5.62. The first-order valence-corrected chi connectivity index (χ1v) is 12.2. The fourth-order valence-electron chi connectivity index (χ4n) is 3.29. The molecule has 0 rings (SSSR count). The standard InChI is InChI=1S/C22H43N9O6/c1-12(2)17(21(36)37)31-20(35)15(8-9-16(25)32)30-19(34)14(7-5-11-28-22(26)27)29-18(33)13(24)6-3-4-10-23/h12-15,17H,3-11,23-24H2,1-2H3,(H2,25,32)(H,29,33)(H,30,34)(H,31,35)(H,36,37)(H4,26,27,28). The molecule has 0 aromatic rings. The Hall–Kier alpha value is -3.46. The molecule has 0 spiro atoms. The molecule has 0 saturated carbocycles. The third-order valence-corrected chi connectivity index (χ3v) is 5.43. The molecular weight excluding hydrogens is 486 g/mol. The van der Waals surface area contributed by atoms with Gasteiger partial charge in [-0.05, 0) is 44.6 Å². The summed E-state index contributed by atoms with van der Waals surface area (Å²) in [5, 5.41) is 16.8. The van der Waals surface area contributed by atoms with Crippen LogP contribution in [0.25, 0.3) is 0 Å². The van der Waals surface area contributed by atoms with E-state index in [-0.39, 0.29) is 31.8 Å². The molecule has 15 nitrogen and oxygen atoms in total. The van der Waals surface area contributed by atoms with Crippen molar-refractivity contribution in [3.05, 3.63) is 0 Å². The number of amides is 4. The van der Waals surface area contributed by atoms with E-state index in [0.29, 0.717) is 32.2 Å². The monoisotopic (exact) mass is 529 g/mol. The first-order chi connectivity index (χ1) is 17.3. The maximum absolute atomic E-state index is 13.1. The molecule has 0 aliphatic carbocycles. The number of hydrogen-bond donors (Lipinski definition) is 9. The fourth-order valence-corrected chi connectivity index (χ4v) is 3.29. The summed E-state index contributed by atoms with van der Waals surface area (Å²) >= 11 is 0. The van der Waals surface area contributed by atoms with Gasteiger partial charge in [-0.15, -0.1) is 0 Å². The molecule has 0 aromatic heterocycles. The van der Waals surface area contributed by atoms with Crippen molar-refractivity contribution in [1.29, 1.82) is 0 Å². The van der Waals surface area contributed by atoms with Crippen LogP contribution in [0.3, 0.4) is 0 Å². The molecule has 15 heteroatoms. The third-order valence-electron chi connectivity index (χ3n) is 5.43. The molecule has 4 unspecified atom stereocenters. The summed E-state index contributed by atoms with van der Waals surface area (Å²) in [4.78, 5) is 65.2. The molecule has 0 aliphatic rings. The zero-order valence-electron chi connectivity index (χ0n) is 21.6. The number of unbranched alkanes of at least 4 members (excludes halogenated alkanes) is 1. The minimum atomic E-state index is -1.28. The maximum atomic E-state index is 13.1. The summed E-state index contributed by atoms with van der Waals surface area (Å²) in [5.41, 5.74) is 27.2. The Morgan fingerprint density at radius 1 is 0.811 bits per heavy atom. The lowest BCUT2D eigenvalue weighted by molar-refractivity contribution is -0.143. The van der Waals surface area contributed by atoms with Gasteiger partial charge in [0.1, 0.15) is 18.1 Å². The molecule has 0 fully saturated rings. The van der Waals surface area contributed by atoms with Crippen LogP contribution in [-0.4, -0.2) is 77.9 Å². The number of carbonyl (C=O) groups is 5. The van der Waals surface area contributed by atoms with E-state index >= 15 is 0 Å². The zero-order valence-corrected chi connectivity index (χ0v) is 21.6. The molecule has 14 N–H and O–H groups in total. The Morgan fingerprint density at radius 3 is 1.89 bits per heavy atom. The highest BCUT2D eigenvalue weighted by Gasteiger charge is 2.31. The molecular formula is C22H43N9O6. The smallest absolute Gasteiger partial charge is 0.326 e. The first-order valence-electron chi connectivity index (χ1n) is 12.2. The quantitative estimate of drug-likeness (QED) is 0.0463. The summed E-state index contributed by atoms with van der Waals surface area (Å²) < 4.78 is 0. The second-order valence-electron chi connectivity index (χ2n) is 9.04. The van der Waals surface area contributed by atoms with E-state index in [2.05, 4.69) is 20.9 Å². The van der Waals surface area contributed by atoms with Crippen molar-refractivity contribution in [2.24, 2.45) is 39.6 Å². The number of carbonyl (C=O) groups excluding carboxylic acids is 4. The van der Waals surface area contributed by atoms with E-state index in [1.54, 1.807) is 13.8 Å². The Labute approximate surface area is 216 Å². The van der Waals surface area contributed by atoms with E-state index < -0.39 is 59.7 Å². The molecule has 0 radical (unpaired) electrons. The minimum Gasteiger partial charge on any atom is -0.480 e. The SMILES string of the molecule is CC(C)C(NC(=O)C(CCC(N)=O)NC(=O)C(CCCN=C(N)N)NC(=O)C(N)CCCCN)C(=O)O. The van der Waals surface area contributed by atoms with Crippen molar-refractivity contribution in [3.8, 4) is 0 Å². The van der Waals surface area contributed by atoms with Crippen molar-refractivity contribution in [2.75, 3.05) is 13.1 Å². The van der Waals surface area contributed by atoms with Crippen LogP contribution in [0.2, 0.25) is 0 Å². The largest absolute Gasteiger partial charge is 0.480 e. The number of carboxylic acid groups (broad SMARTS) is 1. The van der Waals surface area contributed by atoms with Crippen molar-refractivity contribution in [2.45, 2.75) is 83.0 Å². The number of carboxylic acids is 1. The van der Waals surface area contributed by atoms with Crippen LogP contribution in [-0.2, 0) is 24.0 Å². The topological polar surface area (TPSA) is 284 Å². The Bertz CT molecular complexity index is 802. The van der Waals surface area contributed by atoms with Gasteiger partial charge in [0, 0.05) is 13.0 Å². The maximum Gasteiger partial charge on any atom is 0.326 e. The molecule has 0 heterocycles. The van der Waals surface area contributed by atoms with Gasteiger partial charge >= 0.3 is 5.97 Å². The van der Waals surface area contributed by atoms with Crippen LogP contribution >= 0.6 is 0 Å². The number of nitrogens with zero attached hydrogens (tertiary/aromatic N) is 1. The van der Waals surface area contributed by atoms with Gasteiger partial charge in [0.25, 0.3) is 0 Å². The van der Waals surface area contributed by atoms with Gasteiger partial charge in [-0.2, -0.15) is 0 Å². The normalized spacial score (nSPS) is 14.1. The number of hydrogen-bond acceptors (Lipinski definition) is 8. The summed E-state index contributed by atoms with van der Waals surface area (Å²) in [6.45, 7) is 3.85. The summed E-state index contributed by atoms with van der Waals surface area (Å²) in [5.74, 6) is -4.64. The first kappa shape index (κ1) is 33.5. The average molecular weight is 530 g/mol. The van der Waals surface area contributed by atoms with Crippen LogP contribution in [0.15, 0.2) is 4.99 Å². The number of nitrogens with two attached hydrogens (primary N) is 5. The van der Waals surface area contributed by atoms with Gasteiger partial charge in [-0.1, -0.05) is 20.3 Å². The summed E-state index contributed by atoms with van der Waals surface area (Å²) in [6, 6.07) is -4.49. The van der Waals surface area contributed by atoms with Gasteiger partial charge in [0.15, 0.2) is 5.96 Å². The second-order valence-corrected chi connectivity index (χ2v) is 9.04. The van der Waals surface area contributed by atoms with Crippen LogP contribution in [0.1, 0.15) is 58.8 Å². The van der Waals surface area contributed by atoms with Crippen LogP contribution < -0.4 is 44.6 Å². The lowest BCUT2D eigenvalue weighted by Gasteiger charge is -2.26. The predicted molar refractivity (Wildman–Crippen MR) is 137 cm³/mol. The molecule has 0 saturated heterocycles. The summed E-state index contributed by atoms with van der Waals surface area (Å²) in [7, 11) is 0. The van der Waals surface area contributed by atoms with Crippen molar-refractivity contribution in [3.63, 3.8) is 0 Å². The van der Waals surface area contributed by atoms with Gasteiger partial charge in [0.2, 0.25) is 23.6 Å². The van der Waals surface area contributed by atoms with Gasteiger partial charge < -0.3 is 49.7 Å². The summed E-state index contributed by atoms with van der Waals surface area (Å²) in [6.07, 6.45) is 1.68. The van der Waals surface area contributed by atoms with E-state index in [1.807, 2.05) is 0 Å². The number of primary amides is 1. The lowest BCUT2D eigenvalue weighted by Crippen LogP contribution is -2.57. The Kier molecular flexibility index (Phi) is 16.2. The van der Waals surface area contributed by atoms with Crippen LogP contribution in [0, 0.1) is 5.92 Å². The molecule has 4 atom stereocenters. The molecule has 4 amide bonds. The number of guanidine groups is 1. The van der Waals surface area contributed by atoms with Gasteiger partial charge in [0.05, 0.1) is 6.04 Å². The van der Waals surface area contributed by atoms with Crippen LogP contribution in [0.4, 0.5) is 0 Å². The zero-order chi connectivity index (χ0) is 28.5. The van der Waals surface area contributed by atoms with Crippen molar-refractivity contribution < 1.29 is 29.1 Å². The highest BCUT2D eigenvalue weighted by atomic mass is 16.4. The molecule has 0 bridgehead atoms. The average Bonchev–Trinajstić information content (AvgIpc) is 2.80. The van der Waals surface area contributed by atoms with Gasteiger partial charge in [-0.3, -0.25) is 24.2 Å². The molecule has 0 aliphatic heterocycles. The van der Waals surface area contributed by atoms with Crippen LogP contribution in [0.5, 0.6) is 0 Å². The second kappa shape index (κ2) is 17.9. The van der Waals surface area contributed by atoms with Crippen molar-refractivity contribution in [1.82, 2.24) is 16.0 Å². The molecule has 212 valence electrons. The van der Waals surface area contributed by atoms with Gasteiger partial charge in [-0.25, -0.2) is 4.79 Å². The highest BCUT2D eigenvalue weighted by molar-refractivity contribution is 5.94. The number of nitrogens with one attached hydrogen (secondary N) is 3. The molecule has 37 heavy (non-hydrogen) atoms. The lowest BCUT2D eigenvalue weighted by atomic mass is 10.0. The van der Waals surface area contributed by atoms with E-state index in [0.717, 1.165) is 0 Å². The number of rotatable bonds is 19. The molecule has 0 aromatic carbocycles. The number of aliphatic imine (C=N–C) groups is 1. The Morgan fingerprint density at radius 2 is 1.38 bits per heavy atom. The minimum absolute atomic E-state index is 0.109.